The SMILES string of the molecule is Cc1cc(Oc2ncccn2)ccc1NC(=O)CCCOc1ccccc1C. The molecular formula is C22H23N3O3. The lowest BCUT2D eigenvalue weighted by Gasteiger charge is -2.11. The summed E-state index contributed by atoms with van der Waals surface area (Å²) < 4.78 is 11.3. The van der Waals surface area contributed by atoms with Crippen LogP contribution in [0.1, 0.15) is 24.0 Å². The fourth-order valence-corrected chi connectivity index (χ4v) is 2.63. The molecule has 0 unspecified atom stereocenters. The molecule has 0 bridgehead atoms. The van der Waals surface area contributed by atoms with E-state index in [1.54, 1.807) is 24.5 Å². The highest BCUT2D eigenvalue weighted by Gasteiger charge is 2.08. The lowest BCUT2D eigenvalue weighted by Crippen LogP contribution is -2.13. The first kappa shape index (κ1) is 19.4. The molecule has 1 aromatic heterocycles. The molecule has 3 rings (SSSR count). The van der Waals surface area contributed by atoms with Crippen molar-refractivity contribution in [2.45, 2.75) is 26.7 Å². The fourth-order valence-electron chi connectivity index (χ4n) is 2.63. The van der Waals surface area contributed by atoms with Crippen LogP contribution in [-0.2, 0) is 4.79 Å². The van der Waals surface area contributed by atoms with Crippen LogP contribution in [0.5, 0.6) is 17.5 Å². The molecule has 0 radical (unpaired) electrons. The first-order valence-electron chi connectivity index (χ1n) is 9.15. The molecule has 28 heavy (non-hydrogen) atoms. The van der Waals surface area contributed by atoms with Gasteiger partial charge in [0, 0.05) is 24.5 Å². The van der Waals surface area contributed by atoms with Crippen LogP contribution in [0.15, 0.2) is 60.9 Å². The van der Waals surface area contributed by atoms with Gasteiger partial charge in [0.2, 0.25) is 5.91 Å². The van der Waals surface area contributed by atoms with Crippen LogP contribution in [0.25, 0.3) is 0 Å². The lowest BCUT2D eigenvalue weighted by molar-refractivity contribution is -0.116. The Hall–Kier alpha value is -3.41. The Morgan fingerprint density at radius 1 is 1.00 bits per heavy atom. The van der Waals surface area contributed by atoms with Gasteiger partial charge in [0.25, 0.3) is 0 Å². The van der Waals surface area contributed by atoms with Crippen LogP contribution in [-0.4, -0.2) is 22.5 Å². The maximum absolute atomic E-state index is 12.2. The van der Waals surface area contributed by atoms with Gasteiger partial charge in [-0.15, -0.1) is 0 Å². The van der Waals surface area contributed by atoms with E-state index in [2.05, 4.69) is 15.3 Å². The van der Waals surface area contributed by atoms with Crippen molar-refractivity contribution >= 4 is 11.6 Å². The Balaban J connectivity index is 1.46. The average Bonchev–Trinajstić information content (AvgIpc) is 2.69. The quantitative estimate of drug-likeness (QED) is 0.577. The van der Waals surface area contributed by atoms with Crippen molar-refractivity contribution in [1.29, 1.82) is 0 Å². The van der Waals surface area contributed by atoms with Gasteiger partial charge in [0.15, 0.2) is 0 Å². The van der Waals surface area contributed by atoms with E-state index in [1.807, 2.05) is 50.2 Å². The summed E-state index contributed by atoms with van der Waals surface area (Å²) >= 11 is 0. The van der Waals surface area contributed by atoms with Crippen molar-refractivity contribution in [2.75, 3.05) is 11.9 Å². The molecule has 0 fully saturated rings. The Morgan fingerprint density at radius 3 is 2.54 bits per heavy atom. The van der Waals surface area contributed by atoms with Crippen molar-refractivity contribution in [3.8, 4) is 17.5 Å². The highest BCUT2D eigenvalue weighted by molar-refractivity contribution is 5.91. The van der Waals surface area contributed by atoms with E-state index in [1.165, 1.54) is 0 Å². The van der Waals surface area contributed by atoms with E-state index in [9.17, 15) is 4.79 Å². The number of anilines is 1. The molecule has 6 heteroatoms. The Morgan fingerprint density at radius 2 is 1.79 bits per heavy atom. The van der Waals surface area contributed by atoms with Crippen LogP contribution in [0, 0.1) is 13.8 Å². The van der Waals surface area contributed by atoms with E-state index < -0.39 is 0 Å². The Kier molecular flexibility index (Phi) is 6.57. The minimum absolute atomic E-state index is 0.0449. The van der Waals surface area contributed by atoms with Gasteiger partial charge in [0.1, 0.15) is 11.5 Å². The summed E-state index contributed by atoms with van der Waals surface area (Å²) in [5.41, 5.74) is 2.75. The van der Waals surface area contributed by atoms with E-state index in [4.69, 9.17) is 9.47 Å². The third kappa shape index (κ3) is 5.54. The number of nitrogens with zero attached hydrogens (tertiary/aromatic N) is 2. The second-order valence-corrected chi connectivity index (χ2v) is 6.38. The molecule has 0 spiro atoms. The molecule has 0 aliphatic carbocycles. The number of hydrogen-bond acceptors (Lipinski definition) is 5. The third-order valence-corrected chi connectivity index (χ3v) is 4.12. The van der Waals surface area contributed by atoms with Crippen molar-refractivity contribution in [2.24, 2.45) is 0 Å². The molecule has 1 N–H and O–H groups in total. The van der Waals surface area contributed by atoms with Gasteiger partial charge < -0.3 is 14.8 Å². The second-order valence-electron chi connectivity index (χ2n) is 6.38. The molecule has 6 nitrogen and oxygen atoms in total. The minimum Gasteiger partial charge on any atom is -0.493 e. The maximum Gasteiger partial charge on any atom is 0.321 e. The molecular weight excluding hydrogens is 354 g/mol. The average molecular weight is 377 g/mol. The molecule has 0 aliphatic rings. The van der Waals surface area contributed by atoms with Crippen LogP contribution < -0.4 is 14.8 Å². The fraction of sp³-hybridized carbons (Fsp3) is 0.227. The molecule has 0 atom stereocenters. The number of hydrogen-bond donors (Lipinski definition) is 1. The topological polar surface area (TPSA) is 73.3 Å². The minimum atomic E-state index is -0.0449. The summed E-state index contributed by atoms with van der Waals surface area (Å²) in [6.07, 6.45) is 4.27. The van der Waals surface area contributed by atoms with Gasteiger partial charge in [-0.05, 0) is 61.7 Å². The molecule has 2 aromatic carbocycles. The zero-order valence-corrected chi connectivity index (χ0v) is 16.0. The van der Waals surface area contributed by atoms with Crippen LogP contribution in [0.3, 0.4) is 0 Å². The van der Waals surface area contributed by atoms with Gasteiger partial charge in [-0.1, -0.05) is 18.2 Å². The number of ether oxygens (including phenoxy) is 2. The number of rotatable bonds is 8. The van der Waals surface area contributed by atoms with E-state index >= 15 is 0 Å². The van der Waals surface area contributed by atoms with Crippen molar-refractivity contribution in [3.05, 3.63) is 72.1 Å². The van der Waals surface area contributed by atoms with Crippen LogP contribution >= 0.6 is 0 Å². The number of aryl methyl sites for hydroxylation is 2. The summed E-state index contributed by atoms with van der Waals surface area (Å²) in [5.74, 6) is 1.43. The number of amides is 1. The highest BCUT2D eigenvalue weighted by Crippen LogP contribution is 2.24. The van der Waals surface area contributed by atoms with Crippen molar-refractivity contribution in [1.82, 2.24) is 9.97 Å². The molecule has 1 amide bonds. The number of para-hydroxylation sites is 1. The molecule has 0 saturated heterocycles. The number of carbonyl (C=O) groups excluding carboxylic acids is 1. The second kappa shape index (κ2) is 9.50. The zero-order valence-electron chi connectivity index (χ0n) is 16.0. The maximum atomic E-state index is 12.2. The number of benzene rings is 2. The van der Waals surface area contributed by atoms with Crippen LogP contribution in [0.2, 0.25) is 0 Å². The van der Waals surface area contributed by atoms with E-state index in [-0.39, 0.29) is 11.9 Å². The summed E-state index contributed by atoms with van der Waals surface area (Å²) in [6.45, 7) is 4.42. The molecule has 3 aromatic rings. The van der Waals surface area contributed by atoms with Gasteiger partial charge in [-0.2, -0.15) is 0 Å². The standard InChI is InChI=1S/C22H23N3O3/c1-16-7-3-4-8-20(16)27-14-5-9-21(26)25-19-11-10-18(15-17(19)2)28-22-23-12-6-13-24-22/h3-4,6-8,10-13,15H,5,9,14H2,1-2H3,(H,25,26). The van der Waals surface area contributed by atoms with E-state index in [0.29, 0.717) is 25.2 Å². The Bertz CT molecular complexity index is 929. The lowest BCUT2D eigenvalue weighted by atomic mass is 10.2. The van der Waals surface area contributed by atoms with Gasteiger partial charge >= 0.3 is 6.01 Å². The molecule has 0 saturated carbocycles. The number of aromatic nitrogens is 2. The molecule has 1 heterocycles. The van der Waals surface area contributed by atoms with E-state index in [0.717, 1.165) is 22.6 Å². The predicted molar refractivity (Wildman–Crippen MR) is 108 cm³/mol. The van der Waals surface area contributed by atoms with Crippen LogP contribution in [0.4, 0.5) is 5.69 Å². The Labute approximate surface area is 164 Å². The normalized spacial score (nSPS) is 10.4. The first-order chi connectivity index (χ1) is 13.6. The van der Waals surface area contributed by atoms with Gasteiger partial charge in [-0.25, -0.2) is 9.97 Å². The molecule has 144 valence electrons. The monoisotopic (exact) mass is 377 g/mol. The smallest absolute Gasteiger partial charge is 0.321 e. The first-order valence-corrected chi connectivity index (χ1v) is 9.15. The van der Waals surface area contributed by atoms with Gasteiger partial charge in [-0.3, -0.25) is 4.79 Å². The highest BCUT2D eigenvalue weighted by atomic mass is 16.5. The van der Waals surface area contributed by atoms with Crippen molar-refractivity contribution < 1.29 is 14.3 Å². The summed E-state index contributed by atoms with van der Waals surface area (Å²) in [6, 6.07) is 15.3. The third-order valence-electron chi connectivity index (χ3n) is 4.12. The largest absolute Gasteiger partial charge is 0.493 e. The predicted octanol–water partition coefficient (Wildman–Crippen LogP) is 4.68. The number of carbonyl (C=O) groups is 1. The summed E-state index contributed by atoms with van der Waals surface area (Å²) in [4.78, 5) is 20.3. The zero-order chi connectivity index (χ0) is 19.8. The summed E-state index contributed by atoms with van der Waals surface area (Å²) in [5, 5.41) is 2.93. The van der Waals surface area contributed by atoms with Gasteiger partial charge in [0.05, 0.1) is 6.61 Å². The molecule has 0 aliphatic heterocycles. The summed E-state index contributed by atoms with van der Waals surface area (Å²) in [7, 11) is 0. The number of nitrogens with one attached hydrogen (secondary N) is 1. The van der Waals surface area contributed by atoms with Crippen molar-refractivity contribution in [3.63, 3.8) is 0 Å².